The van der Waals surface area contributed by atoms with Crippen LogP contribution >= 0.6 is 0 Å². The first-order valence-corrected chi connectivity index (χ1v) is 9.81. The number of rotatable bonds is 5. The van der Waals surface area contributed by atoms with Crippen molar-refractivity contribution >= 4 is 16.9 Å². The molecule has 1 aliphatic rings. The number of hydrogen-bond acceptors (Lipinski definition) is 3. The lowest BCUT2D eigenvalue weighted by Gasteiger charge is -2.06. The van der Waals surface area contributed by atoms with Crippen LogP contribution in [0.1, 0.15) is 46.0 Å². The Hall–Kier alpha value is -3.55. The van der Waals surface area contributed by atoms with Gasteiger partial charge in [0.05, 0.1) is 29.0 Å². The summed E-state index contributed by atoms with van der Waals surface area (Å²) in [6, 6.07) is 14.6. The largest absolute Gasteiger partial charge is 0.346 e. The van der Waals surface area contributed by atoms with E-state index in [1.54, 1.807) is 12.1 Å². The molecule has 6 nitrogen and oxygen atoms in total. The van der Waals surface area contributed by atoms with E-state index >= 15 is 0 Å². The molecule has 0 fully saturated rings. The van der Waals surface area contributed by atoms with Gasteiger partial charge >= 0.3 is 0 Å². The van der Waals surface area contributed by atoms with Crippen molar-refractivity contribution in [1.82, 2.24) is 25.1 Å². The molecule has 30 heavy (non-hydrogen) atoms. The standard InChI is InChI=1S/C22H19F2N5O/c23-20(24)21-26-16-10-9-13(11-17(16)27-21)22(30)25-12-18-15-7-4-8-19(15)29(28-18)14-5-2-1-3-6-14/h1-3,5-6,9-11,20H,4,7-8,12H2,(H,25,30)(H,26,27). The molecule has 0 unspecified atom stereocenters. The second-order valence-corrected chi connectivity index (χ2v) is 7.31. The molecule has 5 rings (SSSR count). The molecule has 0 radical (unpaired) electrons. The number of para-hydroxylation sites is 1. The molecule has 0 saturated carbocycles. The molecule has 4 aromatic rings. The number of nitrogens with one attached hydrogen (secondary N) is 2. The van der Waals surface area contributed by atoms with Gasteiger partial charge in [-0.05, 0) is 55.2 Å². The van der Waals surface area contributed by atoms with Crippen molar-refractivity contribution in [2.24, 2.45) is 0 Å². The minimum absolute atomic E-state index is 0.286. The van der Waals surface area contributed by atoms with Crippen LogP contribution < -0.4 is 5.32 Å². The Bertz CT molecular complexity index is 1230. The summed E-state index contributed by atoms with van der Waals surface area (Å²) in [5.41, 5.74) is 5.46. The first kappa shape index (κ1) is 18.5. The zero-order valence-electron chi connectivity index (χ0n) is 16.0. The van der Waals surface area contributed by atoms with Crippen molar-refractivity contribution in [2.75, 3.05) is 0 Å². The van der Waals surface area contributed by atoms with Crippen LogP contribution in [0, 0.1) is 0 Å². The third-order valence-corrected chi connectivity index (χ3v) is 5.40. The fourth-order valence-corrected chi connectivity index (χ4v) is 3.98. The number of fused-ring (bicyclic) bond motifs is 2. The van der Waals surface area contributed by atoms with Crippen LogP contribution in [-0.4, -0.2) is 25.7 Å². The van der Waals surface area contributed by atoms with E-state index in [9.17, 15) is 13.6 Å². The SMILES string of the molecule is O=C(NCc1nn(-c2ccccc2)c2c1CCC2)c1ccc2nc(C(F)F)[nH]c2c1. The third-order valence-electron chi connectivity index (χ3n) is 5.40. The van der Waals surface area contributed by atoms with Gasteiger partial charge in [0.25, 0.3) is 12.3 Å². The molecule has 2 heterocycles. The Morgan fingerprint density at radius 3 is 2.80 bits per heavy atom. The van der Waals surface area contributed by atoms with E-state index in [-0.39, 0.29) is 5.91 Å². The highest BCUT2D eigenvalue weighted by molar-refractivity contribution is 5.97. The van der Waals surface area contributed by atoms with Gasteiger partial charge in [-0.1, -0.05) is 18.2 Å². The van der Waals surface area contributed by atoms with E-state index < -0.39 is 12.2 Å². The number of aromatic nitrogens is 4. The minimum Gasteiger partial charge on any atom is -0.346 e. The van der Waals surface area contributed by atoms with Gasteiger partial charge in [-0.15, -0.1) is 0 Å². The van der Waals surface area contributed by atoms with Crippen LogP contribution in [0.4, 0.5) is 8.78 Å². The smallest absolute Gasteiger partial charge is 0.295 e. The van der Waals surface area contributed by atoms with Crippen LogP contribution in [0.2, 0.25) is 0 Å². The predicted octanol–water partition coefficient (Wildman–Crippen LogP) is 4.10. The van der Waals surface area contributed by atoms with E-state index in [1.165, 1.54) is 17.3 Å². The van der Waals surface area contributed by atoms with E-state index in [0.29, 0.717) is 23.1 Å². The lowest BCUT2D eigenvalue weighted by atomic mass is 10.1. The van der Waals surface area contributed by atoms with Gasteiger partial charge in [0.15, 0.2) is 5.82 Å². The van der Waals surface area contributed by atoms with Crippen LogP contribution in [0.15, 0.2) is 48.5 Å². The predicted molar refractivity (Wildman–Crippen MR) is 108 cm³/mol. The number of alkyl halides is 2. The van der Waals surface area contributed by atoms with Crippen LogP contribution in [0.3, 0.4) is 0 Å². The van der Waals surface area contributed by atoms with E-state index in [0.717, 1.165) is 30.6 Å². The first-order valence-electron chi connectivity index (χ1n) is 9.81. The molecule has 1 aliphatic carbocycles. The number of carbonyl (C=O) groups is 1. The number of nitrogens with zero attached hydrogens (tertiary/aromatic N) is 3. The molecule has 2 aromatic carbocycles. The Morgan fingerprint density at radius 2 is 2.00 bits per heavy atom. The molecule has 8 heteroatoms. The zero-order valence-corrected chi connectivity index (χ0v) is 16.0. The fraction of sp³-hybridized carbons (Fsp3) is 0.227. The van der Waals surface area contributed by atoms with Gasteiger partial charge in [0, 0.05) is 11.3 Å². The second kappa shape index (κ2) is 7.37. The molecule has 0 atom stereocenters. The van der Waals surface area contributed by atoms with Crippen molar-refractivity contribution in [3.05, 3.63) is 76.9 Å². The number of carbonyl (C=O) groups excluding carboxylic acids is 1. The highest BCUT2D eigenvalue weighted by Gasteiger charge is 2.23. The van der Waals surface area contributed by atoms with Crippen LogP contribution in [0.5, 0.6) is 0 Å². The molecular formula is C22H19F2N5O. The molecule has 2 aromatic heterocycles. The number of amides is 1. The molecule has 2 N–H and O–H groups in total. The van der Waals surface area contributed by atoms with Gasteiger partial charge in [-0.25, -0.2) is 18.4 Å². The summed E-state index contributed by atoms with van der Waals surface area (Å²) in [6.07, 6.45) is 0.304. The van der Waals surface area contributed by atoms with Gasteiger partial charge in [0.1, 0.15) is 0 Å². The summed E-state index contributed by atoms with van der Waals surface area (Å²) in [5.74, 6) is -0.685. The van der Waals surface area contributed by atoms with Crippen LogP contribution in [0.25, 0.3) is 16.7 Å². The van der Waals surface area contributed by atoms with Gasteiger partial charge in [0.2, 0.25) is 0 Å². The monoisotopic (exact) mass is 407 g/mol. The van der Waals surface area contributed by atoms with Gasteiger partial charge in [-0.2, -0.15) is 5.10 Å². The van der Waals surface area contributed by atoms with Crippen LogP contribution in [-0.2, 0) is 19.4 Å². The molecule has 0 saturated heterocycles. The topological polar surface area (TPSA) is 75.6 Å². The number of aromatic amines is 1. The highest BCUT2D eigenvalue weighted by atomic mass is 19.3. The summed E-state index contributed by atoms with van der Waals surface area (Å²) < 4.78 is 27.6. The van der Waals surface area contributed by atoms with Gasteiger partial charge in [-0.3, -0.25) is 4.79 Å². The second-order valence-electron chi connectivity index (χ2n) is 7.31. The Balaban J connectivity index is 1.36. The quantitative estimate of drug-likeness (QED) is 0.523. The van der Waals surface area contributed by atoms with E-state index in [1.807, 2.05) is 35.0 Å². The fourth-order valence-electron chi connectivity index (χ4n) is 3.98. The molecule has 0 aliphatic heterocycles. The average molecular weight is 407 g/mol. The van der Waals surface area contributed by atoms with Crippen molar-refractivity contribution in [1.29, 1.82) is 0 Å². The molecule has 1 amide bonds. The lowest BCUT2D eigenvalue weighted by Crippen LogP contribution is -2.23. The number of benzene rings is 2. The summed E-state index contributed by atoms with van der Waals surface area (Å²) in [5, 5.41) is 7.65. The summed E-state index contributed by atoms with van der Waals surface area (Å²) in [6.45, 7) is 0.310. The van der Waals surface area contributed by atoms with Crippen molar-refractivity contribution < 1.29 is 13.6 Å². The minimum atomic E-state index is -2.68. The summed E-state index contributed by atoms with van der Waals surface area (Å²) >= 11 is 0. The third kappa shape index (κ3) is 3.24. The first-order chi connectivity index (χ1) is 14.6. The van der Waals surface area contributed by atoms with Crippen molar-refractivity contribution in [3.63, 3.8) is 0 Å². The molecule has 152 valence electrons. The van der Waals surface area contributed by atoms with Gasteiger partial charge < -0.3 is 10.3 Å². The summed E-state index contributed by atoms with van der Waals surface area (Å²) in [4.78, 5) is 19.0. The zero-order chi connectivity index (χ0) is 20.7. The maximum absolute atomic E-state index is 12.8. The maximum Gasteiger partial charge on any atom is 0.295 e. The molecule has 0 spiro atoms. The number of halogens is 2. The Kier molecular flexibility index (Phi) is 4.54. The summed E-state index contributed by atoms with van der Waals surface area (Å²) in [7, 11) is 0. The normalized spacial score (nSPS) is 13.2. The molecule has 0 bridgehead atoms. The van der Waals surface area contributed by atoms with E-state index in [2.05, 4.69) is 15.3 Å². The Morgan fingerprint density at radius 1 is 1.17 bits per heavy atom. The highest BCUT2D eigenvalue weighted by Crippen LogP contribution is 2.28. The van der Waals surface area contributed by atoms with Crippen molar-refractivity contribution in [3.8, 4) is 5.69 Å². The average Bonchev–Trinajstić information content (AvgIpc) is 3.47. The van der Waals surface area contributed by atoms with Crippen molar-refractivity contribution in [2.45, 2.75) is 32.2 Å². The number of hydrogen-bond donors (Lipinski definition) is 2. The number of imidazole rings is 1. The number of H-pyrrole nitrogens is 1. The molecular weight excluding hydrogens is 388 g/mol. The lowest BCUT2D eigenvalue weighted by molar-refractivity contribution is 0.0950. The Labute approximate surface area is 170 Å². The van der Waals surface area contributed by atoms with E-state index in [4.69, 9.17) is 5.10 Å². The maximum atomic E-state index is 12.8.